The highest BCUT2D eigenvalue weighted by atomic mass is 16.5. The lowest BCUT2D eigenvalue weighted by Gasteiger charge is -2.39. The number of para-hydroxylation sites is 1. The van der Waals surface area contributed by atoms with Crippen molar-refractivity contribution in [2.75, 3.05) is 29.9 Å². The van der Waals surface area contributed by atoms with Crippen molar-refractivity contribution >= 4 is 28.3 Å². The Balaban J connectivity index is 1.45. The first-order chi connectivity index (χ1) is 15.9. The Morgan fingerprint density at radius 3 is 2.73 bits per heavy atom. The summed E-state index contributed by atoms with van der Waals surface area (Å²) >= 11 is 0. The molecular weight excluding hydrogens is 414 g/mol. The molecule has 1 aliphatic rings. The second-order valence-corrected chi connectivity index (χ2v) is 9.01. The molecule has 7 heteroatoms. The maximum absolute atomic E-state index is 12.9. The summed E-state index contributed by atoms with van der Waals surface area (Å²) in [4.78, 5) is 27.5. The third kappa shape index (κ3) is 4.32. The van der Waals surface area contributed by atoms with Gasteiger partial charge in [0.25, 0.3) is 5.91 Å². The molecule has 33 heavy (non-hydrogen) atoms. The van der Waals surface area contributed by atoms with Crippen LogP contribution in [0.25, 0.3) is 22.4 Å². The highest BCUT2D eigenvalue weighted by Gasteiger charge is 2.27. The third-order valence-corrected chi connectivity index (χ3v) is 5.95. The van der Waals surface area contributed by atoms with Gasteiger partial charge in [0.15, 0.2) is 0 Å². The first-order valence-electron chi connectivity index (χ1n) is 11.1. The number of pyridine rings is 1. The van der Waals surface area contributed by atoms with Crippen molar-refractivity contribution in [2.24, 2.45) is 0 Å². The quantitative estimate of drug-likeness (QED) is 0.475. The Bertz CT molecular complexity index is 1310. The highest BCUT2D eigenvalue weighted by molar-refractivity contribution is 6.11. The van der Waals surface area contributed by atoms with Gasteiger partial charge in [0, 0.05) is 42.4 Å². The first-order valence-corrected chi connectivity index (χ1v) is 11.1. The van der Waals surface area contributed by atoms with Crippen LogP contribution in [0.15, 0.2) is 60.9 Å². The molecule has 1 fully saturated rings. The van der Waals surface area contributed by atoms with Crippen LogP contribution >= 0.6 is 0 Å². The molecule has 5 rings (SSSR count). The molecule has 0 bridgehead atoms. The number of ether oxygens (including phenoxy) is 1. The zero-order valence-electron chi connectivity index (χ0n) is 19.1. The standard InChI is InChI=1S/C26H27N5O2/c1-17-15-19(31-13-14-33-26(2,3)16-31)7-8-20(17)24-29-22-6-4-5-21(23(22)30-24)25(32)28-18-9-11-27-12-10-18/h4-12,15H,13-14,16H2,1-3H3,(H,29,30)(H,27,28,32). The number of amides is 1. The maximum Gasteiger partial charge on any atom is 0.257 e. The molecule has 7 nitrogen and oxygen atoms in total. The smallest absolute Gasteiger partial charge is 0.257 e. The molecule has 0 spiro atoms. The zero-order valence-corrected chi connectivity index (χ0v) is 19.1. The number of imidazole rings is 1. The van der Waals surface area contributed by atoms with E-state index in [1.807, 2.05) is 12.1 Å². The van der Waals surface area contributed by atoms with Gasteiger partial charge in [0.2, 0.25) is 0 Å². The Hall–Kier alpha value is -3.71. The van der Waals surface area contributed by atoms with Crippen LogP contribution in [0.2, 0.25) is 0 Å². The lowest BCUT2D eigenvalue weighted by Crippen LogP contribution is -2.48. The number of aryl methyl sites for hydroxylation is 1. The zero-order chi connectivity index (χ0) is 23.0. The third-order valence-electron chi connectivity index (χ3n) is 5.95. The molecular formula is C26H27N5O2. The van der Waals surface area contributed by atoms with E-state index < -0.39 is 0 Å². The highest BCUT2D eigenvalue weighted by Crippen LogP contribution is 2.30. The summed E-state index contributed by atoms with van der Waals surface area (Å²) in [6.45, 7) is 8.79. The summed E-state index contributed by atoms with van der Waals surface area (Å²) in [6.07, 6.45) is 3.29. The van der Waals surface area contributed by atoms with E-state index >= 15 is 0 Å². The predicted octanol–water partition coefficient (Wildman–Crippen LogP) is 4.80. The number of nitrogens with zero attached hydrogens (tertiary/aromatic N) is 3. The summed E-state index contributed by atoms with van der Waals surface area (Å²) in [5, 5.41) is 2.91. The fourth-order valence-corrected chi connectivity index (χ4v) is 4.32. The van der Waals surface area contributed by atoms with E-state index in [0.29, 0.717) is 16.8 Å². The van der Waals surface area contributed by atoms with Gasteiger partial charge < -0.3 is 19.9 Å². The number of hydrogen-bond donors (Lipinski definition) is 2. The lowest BCUT2D eigenvalue weighted by atomic mass is 10.0. The van der Waals surface area contributed by atoms with Gasteiger partial charge in [-0.2, -0.15) is 0 Å². The summed E-state index contributed by atoms with van der Waals surface area (Å²) < 4.78 is 5.85. The summed E-state index contributed by atoms with van der Waals surface area (Å²) in [5.74, 6) is 0.548. The molecule has 4 aromatic rings. The number of morpholine rings is 1. The number of carbonyl (C=O) groups is 1. The molecule has 1 saturated heterocycles. The maximum atomic E-state index is 12.9. The molecule has 0 radical (unpaired) electrons. The normalized spacial score (nSPS) is 15.5. The van der Waals surface area contributed by atoms with Crippen molar-refractivity contribution in [1.82, 2.24) is 15.0 Å². The number of H-pyrrole nitrogens is 1. The average Bonchev–Trinajstić information content (AvgIpc) is 3.23. The number of anilines is 2. The SMILES string of the molecule is Cc1cc(N2CCOC(C)(C)C2)ccc1-c1nc2c(C(=O)Nc3ccncc3)cccc2[nH]1. The van der Waals surface area contributed by atoms with Crippen LogP contribution in [0, 0.1) is 6.92 Å². The van der Waals surface area contributed by atoms with Crippen LogP contribution in [0.3, 0.4) is 0 Å². The molecule has 0 saturated carbocycles. The van der Waals surface area contributed by atoms with Gasteiger partial charge in [0.05, 0.1) is 23.3 Å². The minimum absolute atomic E-state index is 0.156. The molecule has 3 heterocycles. The molecule has 2 aromatic heterocycles. The van der Waals surface area contributed by atoms with Crippen LogP contribution < -0.4 is 10.2 Å². The fourth-order valence-electron chi connectivity index (χ4n) is 4.32. The predicted molar refractivity (Wildman–Crippen MR) is 131 cm³/mol. The monoisotopic (exact) mass is 441 g/mol. The van der Waals surface area contributed by atoms with Gasteiger partial charge >= 0.3 is 0 Å². The Morgan fingerprint density at radius 2 is 1.97 bits per heavy atom. The lowest BCUT2D eigenvalue weighted by molar-refractivity contribution is -0.0276. The number of carbonyl (C=O) groups excluding carboxylic acids is 1. The van der Waals surface area contributed by atoms with Gasteiger partial charge in [-0.15, -0.1) is 0 Å². The fraction of sp³-hybridized carbons (Fsp3) is 0.269. The molecule has 1 aliphatic heterocycles. The van der Waals surface area contributed by atoms with E-state index in [9.17, 15) is 4.79 Å². The van der Waals surface area contributed by atoms with E-state index in [1.165, 1.54) is 5.69 Å². The van der Waals surface area contributed by atoms with Gasteiger partial charge in [0.1, 0.15) is 11.3 Å². The van der Waals surface area contributed by atoms with Crippen LogP contribution in [0.4, 0.5) is 11.4 Å². The number of aromatic amines is 1. The minimum atomic E-state index is -0.202. The van der Waals surface area contributed by atoms with Crippen molar-refractivity contribution in [1.29, 1.82) is 0 Å². The van der Waals surface area contributed by atoms with Crippen molar-refractivity contribution in [3.8, 4) is 11.4 Å². The molecule has 2 N–H and O–H groups in total. The van der Waals surface area contributed by atoms with Crippen molar-refractivity contribution < 1.29 is 9.53 Å². The van der Waals surface area contributed by atoms with Gasteiger partial charge in [-0.3, -0.25) is 9.78 Å². The van der Waals surface area contributed by atoms with Gasteiger partial charge in [-0.1, -0.05) is 6.07 Å². The first kappa shape index (κ1) is 21.2. The Morgan fingerprint density at radius 1 is 1.15 bits per heavy atom. The number of nitrogens with one attached hydrogen (secondary N) is 2. The Kier molecular flexibility index (Phi) is 5.34. The summed E-state index contributed by atoms with van der Waals surface area (Å²) in [5.41, 5.74) is 5.86. The molecule has 0 atom stereocenters. The molecule has 1 amide bonds. The van der Waals surface area contributed by atoms with Crippen LogP contribution in [-0.4, -0.2) is 46.2 Å². The largest absolute Gasteiger partial charge is 0.372 e. The Labute approximate surface area is 192 Å². The minimum Gasteiger partial charge on any atom is -0.372 e. The van der Waals surface area contributed by atoms with E-state index in [2.05, 4.69) is 59.2 Å². The van der Waals surface area contributed by atoms with E-state index in [0.717, 1.165) is 42.2 Å². The summed E-state index contributed by atoms with van der Waals surface area (Å²) in [7, 11) is 0. The topological polar surface area (TPSA) is 83.1 Å². The number of aromatic nitrogens is 3. The molecule has 2 aromatic carbocycles. The second-order valence-electron chi connectivity index (χ2n) is 9.01. The van der Waals surface area contributed by atoms with Crippen molar-refractivity contribution in [3.05, 3.63) is 72.1 Å². The average molecular weight is 442 g/mol. The van der Waals surface area contributed by atoms with Gasteiger partial charge in [-0.05, 0) is 68.8 Å². The van der Waals surface area contributed by atoms with Crippen molar-refractivity contribution in [2.45, 2.75) is 26.4 Å². The van der Waals surface area contributed by atoms with E-state index in [-0.39, 0.29) is 11.5 Å². The molecule has 0 aliphatic carbocycles. The van der Waals surface area contributed by atoms with E-state index in [1.54, 1.807) is 30.6 Å². The van der Waals surface area contributed by atoms with E-state index in [4.69, 9.17) is 9.72 Å². The van der Waals surface area contributed by atoms with Crippen LogP contribution in [0.5, 0.6) is 0 Å². The number of hydrogen-bond acceptors (Lipinski definition) is 5. The number of benzene rings is 2. The molecule has 0 unspecified atom stereocenters. The number of rotatable bonds is 4. The second kappa shape index (κ2) is 8.33. The number of fused-ring (bicyclic) bond motifs is 1. The van der Waals surface area contributed by atoms with Crippen LogP contribution in [0.1, 0.15) is 29.8 Å². The van der Waals surface area contributed by atoms with Crippen LogP contribution in [-0.2, 0) is 4.74 Å². The van der Waals surface area contributed by atoms with Gasteiger partial charge in [-0.25, -0.2) is 4.98 Å². The summed E-state index contributed by atoms with van der Waals surface area (Å²) in [6, 6.07) is 15.5. The van der Waals surface area contributed by atoms with Crippen molar-refractivity contribution in [3.63, 3.8) is 0 Å². The molecule has 168 valence electrons.